The minimum absolute atomic E-state index is 0.113. The molecule has 2 N–H and O–H groups in total. The van der Waals surface area contributed by atoms with Gasteiger partial charge in [0.15, 0.2) is 5.75 Å². The van der Waals surface area contributed by atoms with Gasteiger partial charge in [0.1, 0.15) is 0 Å². The minimum Gasteiger partial charge on any atom is -0.432 e. The number of halogens is 4. The van der Waals surface area contributed by atoms with Crippen molar-refractivity contribution in [2.24, 2.45) is 0 Å². The van der Waals surface area contributed by atoms with Gasteiger partial charge in [-0.05, 0) is 25.5 Å². The summed E-state index contributed by atoms with van der Waals surface area (Å²) in [6.45, 7) is -1.48. The highest BCUT2D eigenvalue weighted by Gasteiger charge is 2.15. The molecule has 1 unspecified atom stereocenters. The van der Waals surface area contributed by atoms with Crippen molar-refractivity contribution in [2.75, 3.05) is 5.32 Å². The number of nitrogens with one attached hydrogen (secondary N) is 1. The summed E-state index contributed by atoms with van der Waals surface area (Å²) >= 11 is 11.5. The van der Waals surface area contributed by atoms with E-state index in [0.717, 1.165) is 0 Å². The average molecular weight is 328 g/mol. The number of ether oxygens (including phenoxy) is 1. The third-order valence-corrected chi connectivity index (χ3v) is 2.84. The van der Waals surface area contributed by atoms with Gasteiger partial charge < -0.3 is 15.2 Å². The van der Waals surface area contributed by atoms with Crippen molar-refractivity contribution >= 4 is 34.8 Å². The van der Waals surface area contributed by atoms with Gasteiger partial charge in [-0.3, -0.25) is 4.79 Å². The number of hydrogen-bond donors (Lipinski definition) is 2. The van der Waals surface area contributed by atoms with Crippen molar-refractivity contribution in [3.8, 4) is 5.75 Å². The Hall–Kier alpha value is -1.11. The summed E-state index contributed by atoms with van der Waals surface area (Å²) < 4.78 is 28.4. The molecular formula is C12H13Cl2F2NO3. The average Bonchev–Trinajstić information content (AvgIpc) is 2.31. The van der Waals surface area contributed by atoms with Gasteiger partial charge in [0.05, 0.1) is 16.1 Å². The molecule has 1 amide bonds. The van der Waals surface area contributed by atoms with E-state index in [9.17, 15) is 13.6 Å². The van der Waals surface area contributed by atoms with Gasteiger partial charge >= 0.3 is 6.61 Å². The zero-order valence-corrected chi connectivity index (χ0v) is 12.0. The quantitative estimate of drug-likeness (QED) is 0.837. The number of hydrogen-bond acceptors (Lipinski definition) is 3. The predicted octanol–water partition coefficient (Wildman–Crippen LogP) is 3.69. The number of aliphatic hydroxyl groups excluding tert-OH is 1. The molecule has 0 saturated heterocycles. The molecule has 0 radical (unpaired) electrons. The number of carbonyl (C=O) groups excluding carboxylic acids is 1. The SMILES string of the molecule is CC(O)CCC(=O)Nc1cc(Cl)c(OC(F)F)c(Cl)c1. The van der Waals surface area contributed by atoms with Gasteiger partial charge in [-0.15, -0.1) is 0 Å². The Kier molecular flexibility index (Phi) is 6.45. The second-order valence-electron chi connectivity index (χ2n) is 4.08. The Morgan fingerprint density at radius 3 is 2.40 bits per heavy atom. The van der Waals surface area contributed by atoms with Crippen LogP contribution in [0.3, 0.4) is 0 Å². The smallest absolute Gasteiger partial charge is 0.387 e. The molecule has 0 saturated carbocycles. The van der Waals surface area contributed by atoms with E-state index in [1.807, 2.05) is 0 Å². The van der Waals surface area contributed by atoms with E-state index < -0.39 is 12.7 Å². The van der Waals surface area contributed by atoms with E-state index >= 15 is 0 Å². The van der Waals surface area contributed by atoms with Gasteiger partial charge in [0, 0.05) is 12.1 Å². The Balaban J connectivity index is 2.76. The van der Waals surface area contributed by atoms with E-state index in [0.29, 0.717) is 6.42 Å². The maximum absolute atomic E-state index is 12.1. The highest BCUT2D eigenvalue weighted by molar-refractivity contribution is 6.37. The van der Waals surface area contributed by atoms with E-state index in [2.05, 4.69) is 10.1 Å². The molecule has 0 bridgehead atoms. The molecule has 0 heterocycles. The second-order valence-corrected chi connectivity index (χ2v) is 4.90. The fourth-order valence-electron chi connectivity index (χ4n) is 1.40. The molecular weight excluding hydrogens is 315 g/mol. The Morgan fingerprint density at radius 2 is 1.95 bits per heavy atom. The molecule has 20 heavy (non-hydrogen) atoms. The first-order chi connectivity index (χ1) is 9.29. The number of amides is 1. The molecule has 8 heteroatoms. The summed E-state index contributed by atoms with van der Waals surface area (Å²) in [4.78, 5) is 11.5. The molecule has 1 atom stereocenters. The van der Waals surface area contributed by atoms with Crippen LogP contribution in [0.1, 0.15) is 19.8 Å². The molecule has 0 aliphatic heterocycles. The first-order valence-electron chi connectivity index (χ1n) is 5.71. The summed E-state index contributed by atoms with van der Waals surface area (Å²) in [6, 6.07) is 2.51. The van der Waals surface area contributed by atoms with E-state index in [1.54, 1.807) is 6.92 Å². The lowest BCUT2D eigenvalue weighted by Crippen LogP contribution is -2.14. The number of alkyl halides is 2. The first kappa shape index (κ1) is 16.9. The van der Waals surface area contributed by atoms with Crippen LogP contribution in [0, 0.1) is 0 Å². The number of anilines is 1. The van der Waals surface area contributed by atoms with Crippen LogP contribution in [-0.2, 0) is 4.79 Å². The van der Waals surface area contributed by atoms with Crippen LogP contribution in [0.2, 0.25) is 10.0 Å². The fraction of sp³-hybridized carbons (Fsp3) is 0.417. The van der Waals surface area contributed by atoms with E-state index in [4.69, 9.17) is 28.3 Å². The van der Waals surface area contributed by atoms with Gasteiger partial charge in [-0.2, -0.15) is 8.78 Å². The fourth-order valence-corrected chi connectivity index (χ4v) is 1.97. The van der Waals surface area contributed by atoms with Crippen molar-refractivity contribution < 1.29 is 23.4 Å². The van der Waals surface area contributed by atoms with Gasteiger partial charge in [0.2, 0.25) is 5.91 Å². The van der Waals surface area contributed by atoms with Crippen molar-refractivity contribution in [2.45, 2.75) is 32.5 Å². The van der Waals surface area contributed by atoms with Crippen LogP contribution < -0.4 is 10.1 Å². The number of rotatable bonds is 6. The lowest BCUT2D eigenvalue weighted by molar-refractivity contribution is -0.116. The molecule has 1 rings (SSSR count). The van der Waals surface area contributed by atoms with Crippen molar-refractivity contribution in [1.29, 1.82) is 0 Å². The molecule has 0 aliphatic carbocycles. The maximum atomic E-state index is 12.1. The van der Waals surface area contributed by atoms with E-state index in [-0.39, 0.29) is 33.8 Å². The summed E-state index contributed by atoms with van der Waals surface area (Å²) in [6.07, 6.45) is -0.169. The van der Waals surface area contributed by atoms with Crippen LogP contribution >= 0.6 is 23.2 Å². The van der Waals surface area contributed by atoms with Crippen LogP contribution in [-0.4, -0.2) is 23.7 Å². The predicted molar refractivity (Wildman–Crippen MR) is 72.6 cm³/mol. The molecule has 0 aliphatic rings. The van der Waals surface area contributed by atoms with Crippen LogP contribution in [0.25, 0.3) is 0 Å². The topological polar surface area (TPSA) is 58.6 Å². The lowest BCUT2D eigenvalue weighted by atomic mass is 10.2. The molecule has 0 aromatic heterocycles. The lowest BCUT2D eigenvalue weighted by Gasteiger charge is -2.12. The standard InChI is InChI=1S/C12H13Cl2F2NO3/c1-6(18)2-3-10(19)17-7-4-8(13)11(9(14)5-7)20-12(15)16/h4-6,12,18H,2-3H2,1H3,(H,17,19). The third kappa shape index (κ3) is 5.48. The molecule has 4 nitrogen and oxygen atoms in total. The highest BCUT2D eigenvalue weighted by atomic mass is 35.5. The summed E-state index contributed by atoms with van der Waals surface area (Å²) in [5.41, 5.74) is 0.261. The second kappa shape index (κ2) is 7.61. The third-order valence-electron chi connectivity index (χ3n) is 2.28. The first-order valence-corrected chi connectivity index (χ1v) is 6.47. The monoisotopic (exact) mass is 327 g/mol. The number of aliphatic hydroxyl groups is 1. The largest absolute Gasteiger partial charge is 0.432 e. The minimum atomic E-state index is -3.04. The summed E-state index contributed by atoms with van der Waals surface area (Å²) in [7, 11) is 0. The Morgan fingerprint density at radius 1 is 1.40 bits per heavy atom. The van der Waals surface area contributed by atoms with Gasteiger partial charge in [-0.25, -0.2) is 0 Å². The molecule has 112 valence electrons. The zero-order valence-electron chi connectivity index (χ0n) is 10.5. The summed E-state index contributed by atoms with van der Waals surface area (Å²) in [5.74, 6) is -0.689. The maximum Gasteiger partial charge on any atom is 0.387 e. The Bertz CT molecular complexity index is 461. The van der Waals surface area contributed by atoms with Crippen LogP contribution in [0.4, 0.5) is 14.5 Å². The van der Waals surface area contributed by atoms with Gasteiger partial charge in [0.25, 0.3) is 0 Å². The molecule has 1 aromatic carbocycles. The molecule has 1 aromatic rings. The van der Waals surface area contributed by atoms with Crippen molar-refractivity contribution in [1.82, 2.24) is 0 Å². The normalized spacial score (nSPS) is 12.3. The number of carbonyl (C=O) groups is 1. The zero-order chi connectivity index (χ0) is 15.3. The van der Waals surface area contributed by atoms with Crippen molar-refractivity contribution in [3.63, 3.8) is 0 Å². The van der Waals surface area contributed by atoms with Gasteiger partial charge in [-0.1, -0.05) is 23.2 Å². The molecule has 0 spiro atoms. The number of benzene rings is 1. The Labute approximate surface area is 124 Å². The van der Waals surface area contributed by atoms with Crippen LogP contribution in [0.5, 0.6) is 5.75 Å². The van der Waals surface area contributed by atoms with Crippen LogP contribution in [0.15, 0.2) is 12.1 Å². The highest BCUT2D eigenvalue weighted by Crippen LogP contribution is 2.36. The molecule has 0 fully saturated rings. The van der Waals surface area contributed by atoms with E-state index in [1.165, 1.54) is 12.1 Å². The summed E-state index contributed by atoms with van der Waals surface area (Å²) in [5, 5.41) is 11.3. The van der Waals surface area contributed by atoms with Crippen molar-refractivity contribution in [3.05, 3.63) is 22.2 Å².